The zero-order chi connectivity index (χ0) is 15.0. The van der Waals surface area contributed by atoms with E-state index in [2.05, 4.69) is 12.0 Å². The molecular formula is C14H19N4O2S+. The van der Waals surface area contributed by atoms with Crippen molar-refractivity contribution in [1.29, 1.82) is 0 Å². The van der Waals surface area contributed by atoms with Crippen molar-refractivity contribution in [3.63, 3.8) is 0 Å². The third-order valence-corrected chi connectivity index (χ3v) is 4.88. The first kappa shape index (κ1) is 14.2. The summed E-state index contributed by atoms with van der Waals surface area (Å²) in [5, 5.41) is 0.607. The van der Waals surface area contributed by atoms with Crippen LogP contribution in [-0.2, 0) is 11.3 Å². The quantitative estimate of drug-likeness (QED) is 0.784. The molecule has 21 heavy (non-hydrogen) atoms. The van der Waals surface area contributed by atoms with Gasteiger partial charge in [-0.3, -0.25) is 14.2 Å². The van der Waals surface area contributed by atoms with Crippen LogP contribution in [0.1, 0.15) is 4.88 Å². The monoisotopic (exact) mass is 307 g/mol. The lowest BCUT2D eigenvalue weighted by Gasteiger charge is -2.30. The number of amides is 1. The number of hydrogen-bond donors (Lipinski definition) is 1. The van der Waals surface area contributed by atoms with Crippen LogP contribution in [0, 0.1) is 6.92 Å². The molecule has 112 valence electrons. The van der Waals surface area contributed by atoms with Gasteiger partial charge in [0.05, 0.1) is 44.9 Å². The highest BCUT2D eigenvalue weighted by Crippen LogP contribution is 2.19. The molecule has 2 aromatic heterocycles. The summed E-state index contributed by atoms with van der Waals surface area (Å²) < 4.78 is 1.42. The van der Waals surface area contributed by atoms with E-state index in [0.29, 0.717) is 5.39 Å². The summed E-state index contributed by atoms with van der Waals surface area (Å²) in [4.78, 5) is 34.0. The molecule has 1 aliphatic rings. The number of piperazine rings is 1. The minimum Gasteiger partial charge on any atom is -0.334 e. The van der Waals surface area contributed by atoms with Crippen LogP contribution in [0.3, 0.4) is 0 Å². The van der Waals surface area contributed by atoms with E-state index in [1.165, 1.54) is 27.1 Å². The topological polar surface area (TPSA) is 59.6 Å². The maximum absolute atomic E-state index is 12.4. The van der Waals surface area contributed by atoms with Gasteiger partial charge in [-0.05, 0) is 13.0 Å². The first-order chi connectivity index (χ1) is 10.0. The number of nitrogens with zero attached hydrogens (tertiary/aromatic N) is 3. The third-order valence-electron chi connectivity index (χ3n) is 3.92. The standard InChI is InChI=1S/C14H18N4O2S/c1-10-7-11-13(21-10)15-9-18(14(11)20)8-12(19)17-5-3-16(2)4-6-17/h7,9H,3-6,8H2,1-2H3/p+1. The van der Waals surface area contributed by atoms with Crippen molar-refractivity contribution >= 4 is 27.5 Å². The van der Waals surface area contributed by atoms with Gasteiger partial charge in [-0.1, -0.05) is 0 Å². The van der Waals surface area contributed by atoms with E-state index in [1.54, 1.807) is 0 Å². The second-order valence-corrected chi connectivity index (χ2v) is 6.83. The fourth-order valence-corrected chi connectivity index (χ4v) is 3.41. The number of hydrogen-bond acceptors (Lipinski definition) is 4. The summed E-state index contributed by atoms with van der Waals surface area (Å²) in [6.45, 7) is 5.46. The minimum atomic E-state index is -0.127. The van der Waals surface area contributed by atoms with Gasteiger partial charge < -0.3 is 9.80 Å². The van der Waals surface area contributed by atoms with Crippen LogP contribution in [0.2, 0.25) is 0 Å². The lowest BCUT2D eigenvalue weighted by molar-refractivity contribution is -0.883. The van der Waals surface area contributed by atoms with Gasteiger partial charge in [0.15, 0.2) is 0 Å². The average Bonchev–Trinajstić information content (AvgIpc) is 2.84. The molecule has 7 heteroatoms. The molecule has 1 fully saturated rings. The predicted octanol–water partition coefficient (Wildman–Crippen LogP) is -0.877. The molecule has 1 amide bonds. The lowest BCUT2D eigenvalue weighted by Crippen LogP contribution is -3.12. The van der Waals surface area contributed by atoms with Crippen molar-refractivity contribution in [2.75, 3.05) is 33.2 Å². The van der Waals surface area contributed by atoms with Gasteiger partial charge in [0, 0.05) is 4.88 Å². The molecule has 0 radical (unpaired) electrons. The summed E-state index contributed by atoms with van der Waals surface area (Å²) >= 11 is 1.50. The van der Waals surface area contributed by atoms with Gasteiger partial charge in [0.1, 0.15) is 11.4 Å². The van der Waals surface area contributed by atoms with Crippen molar-refractivity contribution in [3.05, 3.63) is 27.6 Å². The highest BCUT2D eigenvalue weighted by atomic mass is 32.1. The lowest BCUT2D eigenvalue weighted by atomic mass is 10.3. The zero-order valence-electron chi connectivity index (χ0n) is 12.3. The summed E-state index contributed by atoms with van der Waals surface area (Å²) in [7, 11) is 2.13. The third kappa shape index (κ3) is 2.84. The predicted molar refractivity (Wildman–Crippen MR) is 81.8 cm³/mol. The number of rotatable bonds is 2. The Kier molecular flexibility index (Phi) is 3.77. The molecule has 0 unspecified atom stereocenters. The SMILES string of the molecule is Cc1cc2c(=O)n(CC(=O)N3CC[NH+](C)CC3)cnc2s1. The maximum Gasteiger partial charge on any atom is 0.262 e. The van der Waals surface area contributed by atoms with Gasteiger partial charge in [-0.25, -0.2) is 4.98 Å². The molecule has 0 atom stereocenters. The van der Waals surface area contributed by atoms with E-state index in [4.69, 9.17) is 0 Å². The number of quaternary nitrogens is 1. The number of thiophene rings is 1. The molecule has 0 bridgehead atoms. The smallest absolute Gasteiger partial charge is 0.262 e. The van der Waals surface area contributed by atoms with Crippen LogP contribution in [0.25, 0.3) is 10.2 Å². The van der Waals surface area contributed by atoms with Crippen LogP contribution >= 0.6 is 11.3 Å². The second kappa shape index (κ2) is 5.57. The molecule has 1 N–H and O–H groups in total. The fraction of sp³-hybridized carbons (Fsp3) is 0.500. The largest absolute Gasteiger partial charge is 0.334 e. The van der Waals surface area contributed by atoms with E-state index in [1.807, 2.05) is 17.9 Å². The number of fused-ring (bicyclic) bond motifs is 1. The molecule has 1 aliphatic heterocycles. The van der Waals surface area contributed by atoms with Gasteiger partial charge in [0.2, 0.25) is 5.91 Å². The Balaban J connectivity index is 1.80. The average molecular weight is 307 g/mol. The molecule has 6 nitrogen and oxygen atoms in total. The Bertz CT molecular complexity index is 728. The molecule has 0 aliphatic carbocycles. The Morgan fingerprint density at radius 3 is 2.86 bits per heavy atom. The van der Waals surface area contributed by atoms with Crippen molar-refractivity contribution in [1.82, 2.24) is 14.5 Å². The number of aromatic nitrogens is 2. The van der Waals surface area contributed by atoms with Crippen molar-refractivity contribution < 1.29 is 9.69 Å². The highest BCUT2D eigenvalue weighted by Gasteiger charge is 2.22. The van der Waals surface area contributed by atoms with E-state index >= 15 is 0 Å². The van der Waals surface area contributed by atoms with E-state index in [-0.39, 0.29) is 18.0 Å². The van der Waals surface area contributed by atoms with Crippen LogP contribution < -0.4 is 10.5 Å². The summed E-state index contributed by atoms with van der Waals surface area (Å²) in [6.07, 6.45) is 1.49. The van der Waals surface area contributed by atoms with Gasteiger partial charge >= 0.3 is 0 Å². The molecule has 0 aromatic carbocycles. The molecule has 0 spiro atoms. The number of carbonyl (C=O) groups excluding carboxylic acids is 1. The Hall–Kier alpha value is -1.73. The second-order valence-electron chi connectivity index (χ2n) is 5.59. The van der Waals surface area contributed by atoms with Crippen LogP contribution in [-0.4, -0.2) is 53.6 Å². The Labute approximate surface area is 126 Å². The highest BCUT2D eigenvalue weighted by molar-refractivity contribution is 7.18. The Morgan fingerprint density at radius 2 is 2.14 bits per heavy atom. The van der Waals surface area contributed by atoms with Gasteiger partial charge in [-0.2, -0.15) is 0 Å². The zero-order valence-corrected chi connectivity index (χ0v) is 13.1. The number of nitrogens with one attached hydrogen (secondary N) is 1. The normalized spacial score (nSPS) is 16.6. The van der Waals surface area contributed by atoms with E-state index in [9.17, 15) is 9.59 Å². The first-order valence-electron chi connectivity index (χ1n) is 7.09. The molecular weight excluding hydrogens is 288 g/mol. The Morgan fingerprint density at radius 1 is 1.43 bits per heavy atom. The molecule has 3 rings (SSSR count). The van der Waals surface area contributed by atoms with E-state index < -0.39 is 0 Å². The van der Waals surface area contributed by atoms with Gasteiger partial charge in [-0.15, -0.1) is 11.3 Å². The fourth-order valence-electron chi connectivity index (χ4n) is 2.58. The minimum absolute atomic E-state index is 0.00213. The van der Waals surface area contributed by atoms with Crippen LogP contribution in [0.4, 0.5) is 0 Å². The van der Waals surface area contributed by atoms with Crippen molar-refractivity contribution in [2.24, 2.45) is 0 Å². The molecule has 1 saturated heterocycles. The summed E-state index contributed by atoms with van der Waals surface area (Å²) in [5.74, 6) is -0.00213. The number of aryl methyl sites for hydroxylation is 1. The summed E-state index contributed by atoms with van der Waals surface area (Å²) in [5.41, 5.74) is -0.127. The van der Waals surface area contributed by atoms with Crippen LogP contribution in [0.15, 0.2) is 17.2 Å². The number of carbonyl (C=O) groups is 1. The number of likely N-dealkylation sites (N-methyl/N-ethyl adjacent to an activating group) is 1. The molecule has 0 saturated carbocycles. The molecule has 2 aromatic rings. The van der Waals surface area contributed by atoms with E-state index in [0.717, 1.165) is 35.9 Å². The van der Waals surface area contributed by atoms with Crippen LogP contribution in [0.5, 0.6) is 0 Å². The maximum atomic E-state index is 12.4. The molecule has 3 heterocycles. The van der Waals surface area contributed by atoms with Crippen molar-refractivity contribution in [2.45, 2.75) is 13.5 Å². The first-order valence-corrected chi connectivity index (χ1v) is 7.91. The van der Waals surface area contributed by atoms with Crippen molar-refractivity contribution in [3.8, 4) is 0 Å². The summed E-state index contributed by atoms with van der Waals surface area (Å²) in [6, 6.07) is 1.84. The van der Waals surface area contributed by atoms with Gasteiger partial charge in [0.25, 0.3) is 5.56 Å².